The number of rotatable bonds is 3. The largest absolute Gasteiger partial charge is 0.353 e. The molecule has 2 fully saturated rings. The third-order valence-corrected chi connectivity index (χ3v) is 5.09. The summed E-state index contributed by atoms with van der Waals surface area (Å²) in [5.74, 6) is 1.93. The maximum absolute atomic E-state index is 12.4. The lowest BCUT2D eigenvalue weighted by atomic mass is 9.81. The molecular formula is C16H30N2O. The highest BCUT2D eigenvalue weighted by molar-refractivity contribution is 5.79. The van der Waals surface area contributed by atoms with Crippen LogP contribution in [0.1, 0.15) is 64.7 Å². The molecule has 19 heavy (non-hydrogen) atoms. The number of hydrogen-bond acceptors (Lipinski definition) is 2. The van der Waals surface area contributed by atoms with Gasteiger partial charge < -0.3 is 11.1 Å². The Kier molecular flexibility index (Phi) is 5.68. The summed E-state index contributed by atoms with van der Waals surface area (Å²) >= 11 is 0. The van der Waals surface area contributed by atoms with Crippen LogP contribution in [0.3, 0.4) is 0 Å². The van der Waals surface area contributed by atoms with Gasteiger partial charge in [0.05, 0.1) is 0 Å². The molecule has 3 heteroatoms. The molecule has 2 aliphatic rings. The molecule has 0 aromatic rings. The van der Waals surface area contributed by atoms with Gasteiger partial charge in [0.1, 0.15) is 0 Å². The van der Waals surface area contributed by atoms with E-state index in [1.165, 1.54) is 44.9 Å². The summed E-state index contributed by atoms with van der Waals surface area (Å²) in [4.78, 5) is 12.4. The van der Waals surface area contributed by atoms with E-state index in [4.69, 9.17) is 5.73 Å². The molecule has 0 bridgehead atoms. The lowest BCUT2D eigenvalue weighted by Crippen LogP contribution is -2.40. The summed E-state index contributed by atoms with van der Waals surface area (Å²) in [5.41, 5.74) is 5.75. The van der Waals surface area contributed by atoms with E-state index < -0.39 is 0 Å². The van der Waals surface area contributed by atoms with E-state index in [1.807, 2.05) is 0 Å². The van der Waals surface area contributed by atoms with Gasteiger partial charge in [0.25, 0.3) is 0 Å². The molecule has 3 nitrogen and oxygen atoms in total. The van der Waals surface area contributed by atoms with E-state index in [9.17, 15) is 4.79 Å². The van der Waals surface area contributed by atoms with Gasteiger partial charge in [-0.05, 0) is 56.9 Å². The van der Waals surface area contributed by atoms with Gasteiger partial charge in [-0.2, -0.15) is 0 Å². The molecule has 0 heterocycles. The van der Waals surface area contributed by atoms with Crippen molar-refractivity contribution < 1.29 is 4.79 Å². The number of amides is 1. The van der Waals surface area contributed by atoms with Crippen LogP contribution in [0.2, 0.25) is 0 Å². The number of carbonyl (C=O) groups is 1. The fourth-order valence-electron chi connectivity index (χ4n) is 3.69. The van der Waals surface area contributed by atoms with Crippen molar-refractivity contribution in [3.05, 3.63) is 0 Å². The molecule has 0 aliphatic heterocycles. The zero-order chi connectivity index (χ0) is 13.7. The predicted molar refractivity (Wildman–Crippen MR) is 78.7 cm³/mol. The quantitative estimate of drug-likeness (QED) is 0.772. The first-order valence-corrected chi connectivity index (χ1v) is 8.19. The fourth-order valence-corrected chi connectivity index (χ4v) is 3.69. The second-order valence-electron chi connectivity index (χ2n) is 6.78. The standard InChI is InChI=1S/C16H30N2O/c1-12-4-2-7-15(9-8-12)18-16(19)14-6-3-5-13(10-14)11-17/h12-15H,2-11,17H2,1H3,(H,18,19). The smallest absolute Gasteiger partial charge is 0.223 e. The Hall–Kier alpha value is -0.570. The van der Waals surface area contributed by atoms with Gasteiger partial charge in [0, 0.05) is 12.0 Å². The van der Waals surface area contributed by atoms with Gasteiger partial charge in [-0.1, -0.05) is 26.2 Å². The van der Waals surface area contributed by atoms with Crippen LogP contribution in [0.5, 0.6) is 0 Å². The van der Waals surface area contributed by atoms with E-state index in [1.54, 1.807) is 0 Å². The number of hydrogen-bond donors (Lipinski definition) is 2. The Balaban J connectivity index is 1.79. The van der Waals surface area contributed by atoms with Crippen LogP contribution >= 0.6 is 0 Å². The topological polar surface area (TPSA) is 55.1 Å². The van der Waals surface area contributed by atoms with Crippen LogP contribution in [0.25, 0.3) is 0 Å². The molecule has 4 atom stereocenters. The molecule has 0 saturated heterocycles. The van der Waals surface area contributed by atoms with Gasteiger partial charge in [0.2, 0.25) is 5.91 Å². The SMILES string of the molecule is CC1CCCC(NC(=O)C2CCCC(CN)C2)CC1. The first-order chi connectivity index (χ1) is 9.19. The molecule has 3 N–H and O–H groups in total. The Morgan fingerprint density at radius 3 is 2.68 bits per heavy atom. The van der Waals surface area contributed by atoms with Gasteiger partial charge in [-0.25, -0.2) is 0 Å². The number of nitrogens with one attached hydrogen (secondary N) is 1. The minimum atomic E-state index is 0.225. The number of nitrogens with two attached hydrogens (primary N) is 1. The van der Waals surface area contributed by atoms with Crippen LogP contribution in [-0.2, 0) is 4.79 Å². The molecule has 110 valence electrons. The molecule has 0 radical (unpaired) electrons. The van der Waals surface area contributed by atoms with Gasteiger partial charge >= 0.3 is 0 Å². The third kappa shape index (κ3) is 4.48. The van der Waals surface area contributed by atoms with Crippen molar-refractivity contribution in [1.82, 2.24) is 5.32 Å². The fraction of sp³-hybridized carbons (Fsp3) is 0.938. The van der Waals surface area contributed by atoms with Crippen LogP contribution in [0.15, 0.2) is 0 Å². The number of carbonyl (C=O) groups excluding carboxylic acids is 1. The lowest BCUT2D eigenvalue weighted by molar-refractivity contribution is -0.127. The van der Waals surface area contributed by atoms with Crippen molar-refractivity contribution >= 4 is 5.91 Å². The zero-order valence-electron chi connectivity index (χ0n) is 12.4. The highest BCUT2D eigenvalue weighted by Gasteiger charge is 2.28. The average Bonchev–Trinajstić information content (AvgIpc) is 2.64. The highest BCUT2D eigenvalue weighted by atomic mass is 16.1. The van der Waals surface area contributed by atoms with Crippen molar-refractivity contribution in [2.75, 3.05) is 6.54 Å². The summed E-state index contributed by atoms with van der Waals surface area (Å²) in [6.45, 7) is 3.07. The van der Waals surface area contributed by atoms with Gasteiger partial charge in [0.15, 0.2) is 0 Å². The molecule has 0 spiro atoms. The lowest BCUT2D eigenvalue weighted by Gasteiger charge is -2.29. The average molecular weight is 266 g/mol. The van der Waals surface area contributed by atoms with Crippen molar-refractivity contribution in [3.8, 4) is 0 Å². The summed E-state index contributed by atoms with van der Waals surface area (Å²) in [6, 6.07) is 0.427. The Bertz CT molecular complexity index is 292. The van der Waals surface area contributed by atoms with E-state index in [2.05, 4.69) is 12.2 Å². The maximum atomic E-state index is 12.4. The second kappa shape index (κ2) is 7.28. The van der Waals surface area contributed by atoms with Gasteiger partial charge in [-0.3, -0.25) is 4.79 Å². The van der Waals surface area contributed by atoms with Crippen molar-refractivity contribution in [1.29, 1.82) is 0 Å². The zero-order valence-corrected chi connectivity index (χ0v) is 12.4. The van der Waals surface area contributed by atoms with Crippen molar-refractivity contribution in [2.45, 2.75) is 70.8 Å². The normalized spacial score (nSPS) is 36.5. The van der Waals surface area contributed by atoms with E-state index in [0.29, 0.717) is 17.9 Å². The first kappa shape index (κ1) is 14.8. The highest BCUT2D eigenvalue weighted by Crippen LogP contribution is 2.29. The molecule has 1 amide bonds. The summed E-state index contributed by atoms with van der Waals surface area (Å²) in [6.07, 6.45) is 10.6. The molecule has 0 aromatic heterocycles. The van der Waals surface area contributed by atoms with Gasteiger partial charge in [-0.15, -0.1) is 0 Å². The maximum Gasteiger partial charge on any atom is 0.223 e. The predicted octanol–water partition coefficient (Wildman–Crippen LogP) is 2.84. The van der Waals surface area contributed by atoms with E-state index >= 15 is 0 Å². The van der Waals surface area contributed by atoms with E-state index in [0.717, 1.165) is 25.3 Å². The van der Waals surface area contributed by atoms with Crippen molar-refractivity contribution in [2.24, 2.45) is 23.5 Å². The minimum Gasteiger partial charge on any atom is -0.353 e. The molecule has 4 unspecified atom stereocenters. The minimum absolute atomic E-state index is 0.225. The second-order valence-corrected chi connectivity index (χ2v) is 6.78. The first-order valence-electron chi connectivity index (χ1n) is 8.19. The van der Waals surface area contributed by atoms with E-state index in [-0.39, 0.29) is 5.92 Å². The van der Waals surface area contributed by atoms with Crippen LogP contribution in [0, 0.1) is 17.8 Å². The van der Waals surface area contributed by atoms with Crippen LogP contribution < -0.4 is 11.1 Å². The molecule has 2 aliphatic carbocycles. The Morgan fingerprint density at radius 2 is 1.89 bits per heavy atom. The third-order valence-electron chi connectivity index (χ3n) is 5.09. The molecular weight excluding hydrogens is 236 g/mol. The summed E-state index contributed by atoms with van der Waals surface area (Å²) in [5, 5.41) is 3.31. The van der Waals surface area contributed by atoms with Crippen molar-refractivity contribution in [3.63, 3.8) is 0 Å². The molecule has 0 aromatic carbocycles. The van der Waals surface area contributed by atoms with Crippen LogP contribution in [-0.4, -0.2) is 18.5 Å². The Morgan fingerprint density at radius 1 is 1.11 bits per heavy atom. The summed E-state index contributed by atoms with van der Waals surface area (Å²) in [7, 11) is 0. The summed E-state index contributed by atoms with van der Waals surface area (Å²) < 4.78 is 0. The molecule has 2 rings (SSSR count). The molecule has 2 saturated carbocycles. The Labute approximate surface area is 117 Å². The van der Waals surface area contributed by atoms with Crippen LogP contribution in [0.4, 0.5) is 0 Å². The monoisotopic (exact) mass is 266 g/mol.